The normalized spacial score (nSPS) is 14.3. The molecule has 1 atom stereocenters. The highest BCUT2D eigenvalue weighted by Gasteiger charge is 2.26. The molecule has 0 spiro atoms. The Balaban J connectivity index is 2.13. The van der Waals surface area contributed by atoms with Crippen molar-refractivity contribution in [3.05, 3.63) is 47.5 Å². The highest BCUT2D eigenvalue weighted by atomic mass is 16.3. The van der Waals surface area contributed by atoms with Gasteiger partial charge in [0.05, 0.1) is 12.1 Å². The van der Waals surface area contributed by atoms with Crippen LogP contribution in [0.25, 0.3) is 0 Å². The zero-order chi connectivity index (χ0) is 13.9. The second kappa shape index (κ2) is 5.50. The maximum atomic E-state index is 9.62. The van der Waals surface area contributed by atoms with E-state index in [2.05, 4.69) is 10.1 Å². The molecule has 5 nitrogen and oxygen atoms in total. The minimum atomic E-state index is -0.743. The number of rotatable bonds is 5. The van der Waals surface area contributed by atoms with E-state index in [4.69, 9.17) is 5.73 Å². The number of aliphatic hydroxyl groups excluding tert-OH is 1. The number of benzene rings is 1. The van der Waals surface area contributed by atoms with Gasteiger partial charge in [-0.25, -0.2) is 4.98 Å². The van der Waals surface area contributed by atoms with Crippen molar-refractivity contribution in [2.24, 2.45) is 5.73 Å². The molecule has 2 aromatic rings. The largest absolute Gasteiger partial charge is 0.394 e. The summed E-state index contributed by atoms with van der Waals surface area (Å²) in [4.78, 5) is 4.26. The maximum Gasteiger partial charge on any atom is 0.147 e. The van der Waals surface area contributed by atoms with Crippen molar-refractivity contribution in [1.29, 1.82) is 0 Å². The molecule has 19 heavy (non-hydrogen) atoms. The van der Waals surface area contributed by atoms with Gasteiger partial charge in [0.25, 0.3) is 0 Å². The number of nitrogens with zero attached hydrogens (tertiary/aromatic N) is 3. The molecule has 0 saturated heterocycles. The minimum absolute atomic E-state index is 0.0935. The molecule has 0 aliphatic rings. The van der Waals surface area contributed by atoms with Gasteiger partial charge < -0.3 is 10.8 Å². The molecule has 2 rings (SSSR count). The van der Waals surface area contributed by atoms with E-state index in [1.54, 1.807) is 0 Å². The molecule has 1 heterocycles. The Kier molecular flexibility index (Phi) is 3.97. The number of aromatic nitrogens is 3. The van der Waals surface area contributed by atoms with E-state index in [1.165, 1.54) is 0 Å². The van der Waals surface area contributed by atoms with Crippen LogP contribution < -0.4 is 5.73 Å². The molecule has 0 amide bonds. The van der Waals surface area contributed by atoms with Crippen molar-refractivity contribution in [2.45, 2.75) is 32.4 Å². The zero-order valence-corrected chi connectivity index (χ0v) is 11.4. The standard InChI is InChI=1S/C14H20N4O/c1-11-16-12(2)18(17-11)9-8-14(15,10-19)13-6-4-3-5-7-13/h3-7,19H,8-10,15H2,1-2H3. The third-order valence-electron chi connectivity index (χ3n) is 3.36. The summed E-state index contributed by atoms with van der Waals surface area (Å²) in [6, 6.07) is 9.67. The van der Waals surface area contributed by atoms with Crippen molar-refractivity contribution < 1.29 is 5.11 Å². The van der Waals surface area contributed by atoms with Crippen molar-refractivity contribution in [3.8, 4) is 0 Å². The summed E-state index contributed by atoms with van der Waals surface area (Å²) in [6.45, 7) is 4.32. The fourth-order valence-electron chi connectivity index (χ4n) is 2.16. The lowest BCUT2D eigenvalue weighted by Crippen LogP contribution is -2.41. The van der Waals surface area contributed by atoms with E-state index >= 15 is 0 Å². The van der Waals surface area contributed by atoms with E-state index in [9.17, 15) is 5.11 Å². The van der Waals surface area contributed by atoms with Crippen LogP contribution in [0.4, 0.5) is 0 Å². The Morgan fingerprint density at radius 3 is 2.47 bits per heavy atom. The Morgan fingerprint density at radius 2 is 1.95 bits per heavy atom. The number of aryl methyl sites for hydroxylation is 3. The smallest absolute Gasteiger partial charge is 0.147 e. The van der Waals surface area contributed by atoms with Gasteiger partial charge in [0.15, 0.2) is 0 Å². The number of nitrogens with two attached hydrogens (primary N) is 1. The molecular formula is C14H20N4O. The zero-order valence-electron chi connectivity index (χ0n) is 11.4. The molecule has 5 heteroatoms. The summed E-state index contributed by atoms with van der Waals surface area (Å²) >= 11 is 0. The lowest BCUT2D eigenvalue weighted by Gasteiger charge is -2.27. The first-order valence-corrected chi connectivity index (χ1v) is 6.38. The minimum Gasteiger partial charge on any atom is -0.394 e. The lowest BCUT2D eigenvalue weighted by atomic mass is 9.88. The van der Waals surface area contributed by atoms with Crippen LogP contribution in [-0.2, 0) is 12.1 Å². The van der Waals surface area contributed by atoms with Gasteiger partial charge in [0, 0.05) is 6.54 Å². The second-order valence-electron chi connectivity index (χ2n) is 4.86. The van der Waals surface area contributed by atoms with E-state index in [1.807, 2.05) is 48.9 Å². The van der Waals surface area contributed by atoms with E-state index in [0.29, 0.717) is 13.0 Å². The van der Waals surface area contributed by atoms with Gasteiger partial charge in [-0.2, -0.15) is 5.10 Å². The summed E-state index contributed by atoms with van der Waals surface area (Å²) in [6.07, 6.45) is 0.608. The van der Waals surface area contributed by atoms with Crippen LogP contribution in [0, 0.1) is 13.8 Å². The first-order chi connectivity index (χ1) is 9.05. The molecule has 102 valence electrons. The second-order valence-corrected chi connectivity index (χ2v) is 4.86. The summed E-state index contributed by atoms with van der Waals surface area (Å²) in [7, 11) is 0. The summed E-state index contributed by atoms with van der Waals surface area (Å²) in [5.41, 5.74) is 6.51. The fourth-order valence-corrected chi connectivity index (χ4v) is 2.16. The van der Waals surface area contributed by atoms with Gasteiger partial charge in [-0.3, -0.25) is 4.68 Å². The summed E-state index contributed by atoms with van der Waals surface area (Å²) < 4.78 is 1.83. The molecule has 0 bridgehead atoms. The Hall–Kier alpha value is -1.72. The van der Waals surface area contributed by atoms with Gasteiger partial charge in [0.1, 0.15) is 11.6 Å². The van der Waals surface area contributed by atoms with Crippen LogP contribution in [0.2, 0.25) is 0 Å². The Labute approximate surface area is 113 Å². The van der Waals surface area contributed by atoms with Gasteiger partial charge in [-0.05, 0) is 25.8 Å². The molecule has 0 fully saturated rings. The average molecular weight is 260 g/mol. The van der Waals surface area contributed by atoms with Crippen LogP contribution in [0.5, 0.6) is 0 Å². The average Bonchev–Trinajstić information content (AvgIpc) is 2.75. The van der Waals surface area contributed by atoms with Gasteiger partial charge in [-0.15, -0.1) is 0 Å². The third-order valence-corrected chi connectivity index (χ3v) is 3.36. The lowest BCUT2D eigenvalue weighted by molar-refractivity contribution is 0.180. The fraction of sp³-hybridized carbons (Fsp3) is 0.429. The molecule has 1 unspecified atom stereocenters. The van der Waals surface area contributed by atoms with Crippen LogP contribution in [-0.4, -0.2) is 26.5 Å². The molecule has 3 N–H and O–H groups in total. The molecular weight excluding hydrogens is 240 g/mol. The third kappa shape index (κ3) is 3.00. The molecule has 0 aliphatic carbocycles. The molecule has 1 aromatic heterocycles. The van der Waals surface area contributed by atoms with Crippen molar-refractivity contribution >= 4 is 0 Å². The van der Waals surface area contributed by atoms with Crippen molar-refractivity contribution in [3.63, 3.8) is 0 Å². The van der Waals surface area contributed by atoms with E-state index in [-0.39, 0.29) is 6.61 Å². The van der Waals surface area contributed by atoms with Crippen LogP contribution in [0.15, 0.2) is 30.3 Å². The van der Waals surface area contributed by atoms with Gasteiger partial charge in [0.2, 0.25) is 0 Å². The van der Waals surface area contributed by atoms with Gasteiger partial charge in [-0.1, -0.05) is 30.3 Å². The quantitative estimate of drug-likeness (QED) is 0.845. The van der Waals surface area contributed by atoms with Gasteiger partial charge >= 0.3 is 0 Å². The Morgan fingerprint density at radius 1 is 1.26 bits per heavy atom. The molecule has 1 aromatic carbocycles. The highest BCUT2D eigenvalue weighted by molar-refractivity contribution is 5.23. The molecule has 0 saturated carbocycles. The first kappa shape index (κ1) is 13.7. The van der Waals surface area contributed by atoms with Crippen molar-refractivity contribution in [2.75, 3.05) is 6.61 Å². The predicted octanol–water partition coefficient (Wildman–Crippen LogP) is 1.13. The van der Waals surface area contributed by atoms with Crippen molar-refractivity contribution in [1.82, 2.24) is 14.8 Å². The maximum absolute atomic E-state index is 9.62. The highest BCUT2D eigenvalue weighted by Crippen LogP contribution is 2.22. The molecule has 0 radical (unpaired) electrons. The number of hydrogen-bond acceptors (Lipinski definition) is 4. The van der Waals surface area contributed by atoms with Crippen LogP contribution >= 0.6 is 0 Å². The monoisotopic (exact) mass is 260 g/mol. The number of aliphatic hydroxyl groups is 1. The summed E-state index contributed by atoms with van der Waals surface area (Å²) in [5.74, 6) is 1.62. The van der Waals surface area contributed by atoms with Crippen LogP contribution in [0.1, 0.15) is 23.6 Å². The first-order valence-electron chi connectivity index (χ1n) is 6.38. The SMILES string of the molecule is Cc1nc(C)n(CCC(N)(CO)c2ccccc2)n1. The van der Waals surface area contributed by atoms with E-state index < -0.39 is 5.54 Å². The Bertz CT molecular complexity index is 538. The van der Waals surface area contributed by atoms with E-state index in [0.717, 1.165) is 17.2 Å². The predicted molar refractivity (Wildman–Crippen MR) is 73.5 cm³/mol. The topological polar surface area (TPSA) is 77.0 Å². The van der Waals surface area contributed by atoms with Crippen LogP contribution in [0.3, 0.4) is 0 Å². The molecule has 0 aliphatic heterocycles. The number of hydrogen-bond donors (Lipinski definition) is 2. The summed E-state index contributed by atoms with van der Waals surface area (Å²) in [5, 5.41) is 13.9.